The summed E-state index contributed by atoms with van der Waals surface area (Å²) in [5.74, 6) is -0.543. The maximum atomic E-state index is 11.0. The van der Waals surface area contributed by atoms with Crippen molar-refractivity contribution in [1.82, 2.24) is 5.32 Å². The molecule has 6 heteroatoms. The van der Waals surface area contributed by atoms with Gasteiger partial charge in [0.05, 0.1) is 5.60 Å². The Hall–Kier alpha value is -0.750. The molecule has 1 spiro atoms. The molecule has 20 heavy (non-hydrogen) atoms. The number of rotatable bonds is 6. The molecule has 0 aromatic rings. The second-order valence-electron chi connectivity index (χ2n) is 5.72. The van der Waals surface area contributed by atoms with Crippen molar-refractivity contribution in [3.8, 4) is 0 Å². The van der Waals surface area contributed by atoms with E-state index in [0.717, 1.165) is 32.3 Å². The van der Waals surface area contributed by atoms with E-state index < -0.39 is 12.0 Å². The average Bonchev–Trinajstić information content (AvgIpc) is 2.44. The van der Waals surface area contributed by atoms with Gasteiger partial charge in [0, 0.05) is 17.6 Å². The minimum Gasteiger partial charge on any atom is -0.480 e. The van der Waals surface area contributed by atoms with Crippen LogP contribution in [0.5, 0.6) is 0 Å². The molecule has 1 aliphatic carbocycles. The van der Waals surface area contributed by atoms with Crippen LogP contribution in [0.4, 0.5) is 0 Å². The van der Waals surface area contributed by atoms with E-state index in [0.29, 0.717) is 17.4 Å². The van der Waals surface area contributed by atoms with Gasteiger partial charge in [-0.15, -0.1) is 0 Å². The van der Waals surface area contributed by atoms with Crippen molar-refractivity contribution < 1.29 is 19.4 Å². The molecule has 2 aliphatic rings. The number of ether oxygens (including phenoxy) is 1. The third kappa shape index (κ3) is 4.12. The van der Waals surface area contributed by atoms with Crippen molar-refractivity contribution >= 4 is 24.1 Å². The van der Waals surface area contributed by atoms with Gasteiger partial charge in [0.25, 0.3) is 0 Å². The largest absolute Gasteiger partial charge is 0.480 e. The second kappa shape index (κ2) is 7.31. The number of carboxylic acids is 1. The maximum absolute atomic E-state index is 11.0. The first-order valence-electron chi connectivity index (χ1n) is 7.33. The first-order chi connectivity index (χ1) is 9.65. The molecule has 1 aliphatic heterocycles. The fourth-order valence-corrected chi connectivity index (χ4v) is 4.56. The summed E-state index contributed by atoms with van der Waals surface area (Å²) >= 11 is 1.66. The topological polar surface area (TPSA) is 75.6 Å². The summed E-state index contributed by atoms with van der Waals surface area (Å²) < 4.78 is 6.04. The van der Waals surface area contributed by atoms with Crippen LogP contribution in [0.15, 0.2) is 0 Å². The van der Waals surface area contributed by atoms with Crippen LogP contribution in [0.3, 0.4) is 0 Å². The molecule has 5 nitrogen and oxygen atoms in total. The Morgan fingerprint density at radius 1 is 1.45 bits per heavy atom. The van der Waals surface area contributed by atoms with Gasteiger partial charge in [-0.3, -0.25) is 4.79 Å². The minimum atomic E-state index is -0.968. The molecule has 2 N–H and O–H groups in total. The van der Waals surface area contributed by atoms with Crippen LogP contribution in [0, 0.1) is 0 Å². The van der Waals surface area contributed by atoms with Crippen LogP contribution in [0.1, 0.15) is 44.9 Å². The van der Waals surface area contributed by atoms with Crippen molar-refractivity contribution in [3.05, 3.63) is 0 Å². The van der Waals surface area contributed by atoms with Crippen molar-refractivity contribution in [2.75, 3.05) is 12.4 Å². The smallest absolute Gasteiger partial charge is 0.327 e. The number of hydrogen-bond acceptors (Lipinski definition) is 4. The molecule has 2 fully saturated rings. The number of amides is 1. The Bertz CT molecular complexity index is 339. The van der Waals surface area contributed by atoms with Crippen molar-refractivity contribution in [2.24, 2.45) is 0 Å². The summed E-state index contributed by atoms with van der Waals surface area (Å²) in [6, 6.07) is -0.789. The number of thioether (sulfide) groups is 1. The third-order valence-electron chi connectivity index (χ3n) is 4.28. The number of carboxylic acid groups (broad SMARTS) is 1. The van der Waals surface area contributed by atoms with Crippen LogP contribution < -0.4 is 5.32 Å². The van der Waals surface area contributed by atoms with Crippen molar-refractivity contribution in [3.63, 3.8) is 0 Å². The zero-order valence-corrected chi connectivity index (χ0v) is 12.5. The highest BCUT2D eigenvalue weighted by molar-refractivity contribution is 8.00. The third-order valence-corrected chi connectivity index (χ3v) is 5.68. The molecule has 1 amide bonds. The average molecular weight is 301 g/mol. The standard InChI is InChI=1S/C14H23NO4S/c16-10-15-12(13(17)18)9-20-11-4-7-19-14(8-11)5-2-1-3-6-14/h10-12H,1-9H2,(H,15,16)(H,17,18). The van der Waals surface area contributed by atoms with E-state index in [4.69, 9.17) is 9.84 Å². The molecule has 1 heterocycles. The number of aliphatic carboxylic acids is 1. The summed E-state index contributed by atoms with van der Waals surface area (Å²) in [7, 11) is 0. The number of carbonyl (C=O) groups is 2. The summed E-state index contributed by atoms with van der Waals surface area (Å²) in [6.07, 6.45) is 8.51. The molecule has 1 saturated heterocycles. The number of carbonyl (C=O) groups excluding carboxylic acids is 1. The molecule has 0 bridgehead atoms. The SMILES string of the molecule is O=CNC(CSC1CCOC2(CCCCC2)C1)C(=O)O. The Morgan fingerprint density at radius 3 is 2.85 bits per heavy atom. The predicted octanol–water partition coefficient (Wildman–Crippen LogP) is 1.80. The van der Waals surface area contributed by atoms with Gasteiger partial charge in [0.15, 0.2) is 0 Å². The summed E-state index contributed by atoms with van der Waals surface area (Å²) in [6.45, 7) is 0.774. The number of hydrogen-bond donors (Lipinski definition) is 2. The van der Waals surface area contributed by atoms with Crippen LogP contribution in [0.2, 0.25) is 0 Å². The Kier molecular flexibility index (Phi) is 5.72. The van der Waals surface area contributed by atoms with Crippen LogP contribution in [-0.2, 0) is 14.3 Å². The first-order valence-corrected chi connectivity index (χ1v) is 8.38. The highest BCUT2D eigenvalue weighted by Crippen LogP contribution is 2.41. The van der Waals surface area contributed by atoms with Crippen molar-refractivity contribution in [1.29, 1.82) is 0 Å². The van der Waals surface area contributed by atoms with E-state index in [1.54, 1.807) is 11.8 Å². The lowest BCUT2D eigenvalue weighted by Gasteiger charge is -2.43. The zero-order chi connectivity index (χ0) is 14.4. The number of nitrogens with one attached hydrogen (secondary N) is 1. The van der Waals surface area contributed by atoms with E-state index in [9.17, 15) is 9.59 Å². The fourth-order valence-electron chi connectivity index (χ4n) is 3.17. The van der Waals surface area contributed by atoms with Gasteiger partial charge in [0.1, 0.15) is 6.04 Å². The first kappa shape index (κ1) is 15.6. The second-order valence-corrected chi connectivity index (χ2v) is 7.05. The minimum absolute atomic E-state index is 0.0466. The quantitative estimate of drug-likeness (QED) is 0.732. The molecule has 2 atom stereocenters. The highest BCUT2D eigenvalue weighted by Gasteiger charge is 2.38. The lowest BCUT2D eigenvalue weighted by Crippen LogP contribution is -2.43. The van der Waals surface area contributed by atoms with E-state index in [2.05, 4.69) is 5.32 Å². The van der Waals surface area contributed by atoms with Crippen molar-refractivity contribution in [2.45, 2.75) is 61.8 Å². The van der Waals surface area contributed by atoms with Gasteiger partial charge in [-0.2, -0.15) is 11.8 Å². The molecule has 2 unspecified atom stereocenters. The Labute approximate surface area is 123 Å². The summed E-state index contributed by atoms with van der Waals surface area (Å²) in [5, 5.41) is 11.8. The fraction of sp³-hybridized carbons (Fsp3) is 0.857. The summed E-state index contributed by atoms with van der Waals surface area (Å²) in [5.41, 5.74) is 0.0466. The van der Waals surface area contributed by atoms with E-state index in [1.165, 1.54) is 19.3 Å². The summed E-state index contributed by atoms with van der Waals surface area (Å²) in [4.78, 5) is 21.4. The molecular formula is C14H23NO4S. The van der Waals surface area contributed by atoms with Crippen LogP contribution in [0.25, 0.3) is 0 Å². The maximum Gasteiger partial charge on any atom is 0.327 e. The van der Waals surface area contributed by atoms with Gasteiger partial charge in [-0.25, -0.2) is 4.79 Å². The molecular weight excluding hydrogens is 278 g/mol. The normalized spacial score (nSPS) is 26.9. The van der Waals surface area contributed by atoms with Gasteiger partial charge in [-0.05, 0) is 25.7 Å². The van der Waals surface area contributed by atoms with Gasteiger partial charge in [0.2, 0.25) is 6.41 Å². The Balaban J connectivity index is 1.83. The highest BCUT2D eigenvalue weighted by atomic mass is 32.2. The zero-order valence-electron chi connectivity index (χ0n) is 11.7. The molecule has 0 aromatic carbocycles. The molecule has 1 saturated carbocycles. The van der Waals surface area contributed by atoms with Gasteiger partial charge < -0.3 is 15.2 Å². The molecule has 114 valence electrons. The molecule has 0 aromatic heterocycles. The van der Waals surface area contributed by atoms with Crippen LogP contribution >= 0.6 is 11.8 Å². The lowest BCUT2D eigenvalue weighted by atomic mass is 9.80. The van der Waals surface area contributed by atoms with Gasteiger partial charge in [-0.1, -0.05) is 19.3 Å². The van der Waals surface area contributed by atoms with E-state index in [1.807, 2.05) is 0 Å². The lowest BCUT2D eigenvalue weighted by molar-refractivity contribution is -0.139. The van der Waals surface area contributed by atoms with Gasteiger partial charge >= 0.3 is 5.97 Å². The van der Waals surface area contributed by atoms with E-state index >= 15 is 0 Å². The van der Waals surface area contributed by atoms with Crippen LogP contribution in [-0.4, -0.2) is 46.7 Å². The van der Waals surface area contributed by atoms with E-state index in [-0.39, 0.29) is 5.60 Å². The predicted molar refractivity (Wildman–Crippen MR) is 77.9 cm³/mol. The Morgan fingerprint density at radius 2 is 2.20 bits per heavy atom. The molecule has 0 radical (unpaired) electrons. The monoisotopic (exact) mass is 301 g/mol. The molecule has 2 rings (SSSR count).